The first-order valence-electron chi connectivity index (χ1n) is 6.97. The van der Waals surface area contributed by atoms with E-state index in [4.69, 9.17) is 0 Å². The minimum Gasteiger partial charge on any atom is -0.481 e. The molecule has 2 saturated heterocycles. The van der Waals surface area contributed by atoms with Crippen LogP contribution in [0.4, 0.5) is 4.39 Å². The lowest BCUT2D eigenvalue weighted by Gasteiger charge is -2.30. The lowest BCUT2D eigenvalue weighted by Crippen LogP contribution is -2.50. The molecule has 19 heavy (non-hydrogen) atoms. The number of piperidine rings is 1. The summed E-state index contributed by atoms with van der Waals surface area (Å²) in [5.74, 6) is -2.20. The van der Waals surface area contributed by atoms with Crippen LogP contribution in [0.2, 0.25) is 0 Å². The van der Waals surface area contributed by atoms with Crippen LogP contribution in [0.15, 0.2) is 0 Å². The van der Waals surface area contributed by atoms with Crippen molar-refractivity contribution in [2.24, 2.45) is 11.8 Å². The van der Waals surface area contributed by atoms with E-state index < -0.39 is 23.5 Å². The Morgan fingerprint density at radius 1 is 1.47 bits per heavy atom. The number of carbonyl (C=O) groups excluding carboxylic acids is 1. The maximum absolute atomic E-state index is 14.8. The van der Waals surface area contributed by atoms with Gasteiger partial charge in [-0.25, -0.2) is 4.39 Å². The molecule has 0 aromatic carbocycles. The number of nitrogens with zero attached hydrogens (tertiary/aromatic N) is 1. The maximum atomic E-state index is 14.8. The summed E-state index contributed by atoms with van der Waals surface area (Å²) in [6.07, 6.45) is 2.27. The molecule has 2 N–H and O–H groups in total. The molecule has 0 radical (unpaired) electrons. The molecule has 3 fully saturated rings. The average Bonchev–Trinajstić information content (AvgIpc) is 2.94. The van der Waals surface area contributed by atoms with E-state index in [0.29, 0.717) is 32.5 Å². The zero-order valence-corrected chi connectivity index (χ0v) is 10.8. The molecule has 0 aromatic heterocycles. The fourth-order valence-corrected chi connectivity index (χ4v) is 3.85. The smallest absolute Gasteiger partial charge is 0.308 e. The molecule has 5 nitrogen and oxygen atoms in total. The van der Waals surface area contributed by atoms with E-state index >= 15 is 0 Å². The van der Waals surface area contributed by atoms with E-state index in [2.05, 4.69) is 5.32 Å². The van der Waals surface area contributed by atoms with Gasteiger partial charge in [-0.05, 0) is 19.4 Å². The van der Waals surface area contributed by atoms with Gasteiger partial charge in [-0.3, -0.25) is 9.59 Å². The van der Waals surface area contributed by atoms with Gasteiger partial charge in [0, 0.05) is 31.5 Å². The summed E-state index contributed by atoms with van der Waals surface area (Å²) in [5, 5.41) is 12.3. The van der Waals surface area contributed by atoms with E-state index in [1.54, 1.807) is 0 Å². The molecule has 1 amide bonds. The third kappa shape index (κ3) is 1.84. The van der Waals surface area contributed by atoms with E-state index in [-0.39, 0.29) is 18.4 Å². The van der Waals surface area contributed by atoms with Gasteiger partial charge >= 0.3 is 5.97 Å². The van der Waals surface area contributed by atoms with E-state index in [0.717, 1.165) is 6.42 Å². The second-order valence-corrected chi connectivity index (χ2v) is 5.91. The number of fused-ring (bicyclic) bond motifs is 1. The molecule has 0 spiro atoms. The number of hydrogen-bond acceptors (Lipinski definition) is 3. The quantitative estimate of drug-likeness (QED) is 0.762. The van der Waals surface area contributed by atoms with Crippen molar-refractivity contribution in [3.05, 3.63) is 0 Å². The van der Waals surface area contributed by atoms with Crippen molar-refractivity contribution >= 4 is 11.9 Å². The molecule has 2 aliphatic heterocycles. The number of carbonyl (C=O) groups is 2. The highest BCUT2D eigenvalue weighted by Gasteiger charge is 2.58. The predicted molar refractivity (Wildman–Crippen MR) is 65.3 cm³/mol. The molecule has 2 heterocycles. The SMILES string of the molecule is O=C(O)C1CCCC1N1C[C@@H]2CNCC[C@]2(F)C1=O. The van der Waals surface area contributed by atoms with Crippen LogP contribution in [0, 0.1) is 11.8 Å². The third-order valence-corrected chi connectivity index (χ3v) is 4.93. The van der Waals surface area contributed by atoms with Crippen molar-refractivity contribution in [2.45, 2.75) is 37.4 Å². The maximum Gasteiger partial charge on any atom is 0.308 e. The largest absolute Gasteiger partial charge is 0.481 e. The molecule has 2 unspecified atom stereocenters. The van der Waals surface area contributed by atoms with E-state index in [1.807, 2.05) is 0 Å². The molecule has 6 heteroatoms. The van der Waals surface area contributed by atoms with Crippen molar-refractivity contribution in [2.75, 3.05) is 19.6 Å². The monoisotopic (exact) mass is 270 g/mol. The van der Waals surface area contributed by atoms with Gasteiger partial charge in [0.15, 0.2) is 5.67 Å². The number of rotatable bonds is 2. The average molecular weight is 270 g/mol. The van der Waals surface area contributed by atoms with Crippen LogP contribution in [0.25, 0.3) is 0 Å². The Balaban J connectivity index is 1.83. The summed E-state index contributed by atoms with van der Waals surface area (Å²) < 4.78 is 14.8. The highest BCUT2D eigenvalue weighted by atomic mass is 19.1. The molecule has 3 aliphatic rings. The van der Waals surface area contributed by atoms with E-state index in [1.165, 1.54) is 4.90 Å². The van der Waals surface area contributed by atoms with Gasteiger partial charge in [-0.2, -0.15) is 0 Å². The fourth-order valence-electron chi connectivity index (χ4n) is 3.85. The number of alkyl halides is 1. The summed E-state index contributed by atoms with van der Waals surface area (Å²) in [6.45, 7) is 1.37. The summed E-state index contributed by atoms with van der Waals surface area (Å²) >= 11 is 0. The molecule has 4 atom stereocenters. The summed E-state index contributed by atoms with van der Waals surface area (Å²) in [7, 11) is 0. The Bertz CT molecular complexity index is 417. The van der Waals surface area contributed by atoms with Gasteiger partial charge in [0.05, 0.1) is 5.92 Å². The van der Waals surface area contributed by atoms with Crippen molar-refractivity contribution in [3.8, 4) is 0 Å². The summed E-state index contributed by atoms with van der Waals surface area (Å²) in [6, 6.07) is -0.316. The van der Waals surface area contributed by atoms with Gasteiger partial charge in [-0.15, -0.1) is 0 Å². The standard InChI is InChI=1S/C13H19FN2O3/c14-13-4-5-15-6-8(13)7-16(12(13)19)10-3-1-2-9(10)11(17)18/h8-10,15H,1-7H2,(H,17,18)/t8-,9?,10?,13+/m0/s1. The lowest BCUT2D eigenvalue weighted by atomic mass is 9.86. The van der Waals surface area contributed by atoms with Crippen molar-refractivity contribution in [1.29, 1.82) is 0 Å². The summed E-state index contributed by atoms with van der Waals surface area (Å²) in [5.41, 5.74) is -1.77. The van der Waals surface area contributed by atoms with Crippen LogP contribution in [0.1, 0.15) is 25.7 Å². The normalized spacial score (nSPS) is 42.5. The fraction of sp³-hybridized carbons (Fsp3) is 0.846. The van der Waals surface area contributed by atoms with Crippen molar-refractivity contribution in [3.63, 3.8) is 0 Å². The first-order valence-corrected chi connectivity index (χ1v) is 6.97. The zero-order chi connectivity index (χ0) is 13.6. The number of aliphatic carboxylic acids is 1. The zero-order valence-electron chi connectivity index (χ0n) is 10.8. The van der Waals surface area contributed by atoms with Crippen LogP contribution >= 0.6 is 0 Å². The molecular formula is C13H19FN2O3. The highest BCUT2D eigenvalue weighted by molar-refractivity contribution is 5.89. The van der Waals surface area contributed by atoms with Crippen LogP contribution in [0.3, 0.4) is 0 Å². The Morgan fingerprint density at radius 3 is 2.95 bits per heavy atom. The molecule has 1 saturated carbocycles. The molecule has 106 valence electrons. The second-order valence-electron chi connectivity index (χ2n) is 5.91. The predicted octanol–water partition coefficient (Wildman–Crippen LogP) is 0.400. The van der Waals surface area contributed by atoms with Gasteiger partial charge in [0.1, 0.15) is 0 Å². The van der Waals surface area contributed by atoms with E-state index in [9.17, 15) is 19.1 Å². The number of likely N-dealkylation sites (tertiary alicyclic amines) is 1. The minimum absolute atomic E-state index is 0.206. The van der Waals surface area contributed by atoms with Crippen molar-refractivity contribution in [1.82, 2.24) is 10.2 Å². The molecule has 3 rings (SSSR count). The Kier molecular flexibility index (Phi) is 3.00. The van der Waals surface area contributed by atoms with Gasteiger partial charge in [0.25, 0.3) is 5.91 Å². The Hall–Kier alpha value is -1.17. The van der Waals surface area contributed by atoms with Crippen LogP contribution < -0.4 is 5.32 Å². The lowest BCUT2D eigenvalue weighted by molar-refractivity contribution is -0.147. The number of carboxylic acids is 1. The minimum atomic E-state index is -1.77. The number of halogens is 1. The van der Waals surface area contributed by atoms with Gasteiger partial charge < -0.3 is 15.3 Å². The van der Waals surface area contributed by atoms with Crippen LogP contribution in [-0.4, -0.2) is 53.2 Å². The van der Waals surface area contributed by atoms with Gasteiger partial charge in [0.2, 0.25) is 0 Å². The highest BCUT2D eigenvalue weighted by Crippen LogP contribution is 2.42. The third-order valence-electron chi connectivity index (χ3n) is 4.93. The van der Waals surface area contributed by atoms with Crippen LogP contribution in [-0.2, 0) is 9.59 Å². The molecule has 0 aromatic rings. The Morgan fingerprint density at radius 2 is 2.26 bits per heavy atom. The molecule has 1 aliphatic carbocycles. The first-order chi connectivity index (χ1) is 9.04. The molecular weight excluding hydrogens is 251 g/mol. The summed E-state index contributed by atoms with van der Waals surface area (Å²) in [4.78, 5) is 25.1. The first kappa shape index (κ1) is 12.8. The Labute approximate surface area is 111 Å². The van der Waals surface area contributed by atoms with Gasteiger partial charge in [-0.1, -0.05) is 6.42 Å². The topological polar surface area (TPSA) is 69.6 Å². The number of carboxylic acid groups (broad SMARTS) is 1. The number of hydrogen-bond donors (Lipinski definition) is 2. The second kappa shape index (κ2) is 4.44. The van der Waals surface area contributed by atoms with Crippen LogP contribution in [0.5, 0.6) is 0 Å². The number of amides is 1. The van der Waals surface area contributed by atoms with Crippen molar-refractivity contribution < 1.29 is 19.1 Å². The molecule has 0 bridgehead atoms. The number of nitrogens with one attached hydrogen (secondary N) is 1.